The van der Waals surface area contributed by atoms with Crippen LogP contribution >= 0.6 is 23.4 Å². The minimum Gasteiger partial charge on any atom is -0.327 e. The molecule has 2 rings (SSSR count). The third-order valence-electron chi connectivity index (χ3n) is 2.80. The summed E-state index contributed by atoms with van der Waals surface area (Å²) in [7, 11) is 0. The lowest BCUT2D eigenvalue weighted by molar-refractivity contribution is 0.719. The molecular weight excluding hydrogens is 276 g/mol. The van der Waals surface area contributed by atoms with Gasteiger partial charge in [0.15, 0.2) is 0 Å². The number of benzene rings is 1. The van der Waals surface area contributed by atoms with Crippen molar-refractivity contribution < 1.29 is 0 Å². The molecule has 0 aliphatic carbocycles. The zero-order valence-electron chi connectivity index (χ0n) is 11.0. The monoisotopic (exact) mass is 292 g/mol. The zero-order chi connectivity index (χ0) is 13.8. The standard InChI is InChI=1S/C15H17ClN2S/c1-10-4-3-5-12(8-10)15(11(2)17)19-14-7-6-13(16)9-18-14/h3-9,11,15H,17H2,1-2H3. The molecule has 0 fully saturated rings. The molecular formula is C15H17ClN2S. The van der Waals surface area contributed by atoms with Crippen molar-refractivity contribution in [1.29, 1.82) is 0 Å². The Morgan fingerprint density at radius 1 is 1.26 bits per heavy atom. The van der Waals surface area contributed by atoms with Gasteiger partial charge in [-0.3, -0.25) is 0 Å². The summed E-state index contributed by atoms with van der Waals surface area (Å²) >= 11 is 7.52. The van der Waals surface area contributed by atoms with Crippen molar-refractivity contribution >= 4 is 23.4 Å². The van der Waals surface area contributed by atoms with E-state index in [0.717, 1.165) is 5.03 Å². The molecule has 0 aliphatic heterocycles. The average molecular weight is 293 g/mol. The maximum absolute atomic E-state index is 6.12. The maximum Gasteiger partial charge on any atom is 0.0967 e. The van der Waals surface area contributed by atoms with Crippen LogP contribution < -0.4 is 5.73 Å². The van der Waals surface area contributed by atoms with E-state index in [2.05, 4.69) is 36.2 Å². The number of rotatable bonds is 4. The van der Waals surface area contributed by atoms with Crippen LogP contribution in [0, 0.1) is 6.92 Å². The average Bonchev–Trinajstić information content (AvgIpc) is 2.37. The summed E-state index contributed by atoms with van der Waals surface area (Å²) in [5.74, 6) is 0. The largest absolute Gasteiger partial charge is 0.327 e. The Bertz CT molecular complexity index is 540. The lowest BCUT2D eigenvalue weighted by Gasteiger charge is -2.20. The summed E-state index contributed by atoms with van der Waals surface area (Å²) in [5, 5.41) is 1.78. The molecule has 0 radical (unpaired) electrons. The van der Waals surface area contributed by atoms with E-state index >= 15 is 0 Å². The molecule has 0 spiro atoms. The van der Waals surface area contributed by atoms with Gasteiger partial charge in [-0.15, -0.1) is 0 Å². The predicted octanol–water partition coefficient (Wildman–Crippen LogP) is 4.22. The molecule has 0 saturated carbocycles. The zero-order valence-corrected chi connectivity index (χ0v) is 12.6. The van der Waals surface area contributed by atoms with E-state index < -0.39 is 0 Å². The Morgan fingerprint density at radius 2 is 2.05 bits per heavy atom. The Labute approximate surface area is 123 Å². The summed E-state index contributed by atoms with van der Waals surface area (Å²) in [6.07, 6.45) is 1.67. The van der Waals surface area contributed by atoms with Crippen molar-refractivity contribution in [2.45, 2.75) is 30.2 Å². The highest BCUT2D eigenvalue weighted by Gasteiger charge is 2.18. The summed E-state index contributed by atoms with van der Waals surface area (Å²) in [6.45, 7) is 4.11. The van der Waals surface area contributed by atoms with Gasteiger partial charge in [-0.05, 0) is 31.5 Å². The smallest absolute Gasteiger partial charge is 0.0967 e. The van der Waals surface area contributed by atoms with Crippen LogP contribution in [-0.4, -0.2) is 11.0 Å². The number of nitrogens with two attached hydrogens (primary N) is 1. The first-order chi connectivity index (χ1) is 9.06. The molecule has 2 aromatic rings. The van der Waals surface area contributed by atoms with Crippen molar-refractivity contribution in [1.82, 2.24) is 4.98 Å². The normalized spacial score (nSPS) is 14.1. The van der Waals surface area contributed by atoms with Crippen LogP contribution in [0.1, 0.15) is 23.3 Å². The molecule has 2 unspecified atom stereocenters. The maximum atomic E-state index is 6.12. The molecule has 0 bridgehead atoms. The third-order valence-corrected chi connectivity index (χ3v) is 4.46. The highest BCUT2D eigenvalue weighted by molar-refractivity contribution is 7.99. The summed E-state index contributed by atoms with van der Waals surface area (Å²) in [4.78, 5) is 4.32. The van der Waals surface area contributed by atoms with E-state index in [0.29, 0.717) is 5.02 Å². The second kappa shape index (κ2) is 6.42. The van der Waals surface area contributed by atoms with Crippen LogP contribution in [0.2, 0.25) is 5.02 Å². The fourth-order valence-electron chi connectivity index (χ4n) is 1.89. The number of aryl methyl sites for hydroxylation is 1. The minimum atomic E-state index is 0.0456. The van der Waals surface area contributed by atoms with E-state index in [1.165, 1.54) is 11.1 Å². The summed E-state index contributed by atoms with van der Waals surface area (Å²) in [6, 6.07) is 12.3. The van der Waals surface area contributed by atoms with Gasteiger partial charge < -0.3 is 5.73 Å². The van der Waals surface area contributed by atoms with Gasteiger partial charge in [-0.2, -0.15) is 0 Å². The Balaban J connectivity index is 2.23. The second-order valence-corrected chi connectivity index (χ2v) is 6.22. The molecule has 2 N–H and O–H groups in total. The number of hydrogen-bond donors (Lipinski definition) is 1. The van der Waals surface area contributed by atoms with Gasteiger partial charge >= 0.3 is 0 Å². The topological polar surface area (TPSA) is 38.9 Å². The Kier molecular flexibility index (Phi) is 4.86. The molecule has 2 atom stereocenters. The van der Waals surface area contributed by atoms with E-state index in [-0.39, 0.29) is 11.3 Å². The van der Waals surface area contributed by atoms with Crippen LogP contribution in [0.15, 0.2) is 47.6 Å². The van der Waals surface area contributed by atoms with Crippen molar-refractivity contribution in [2.75, 3.05) is 0 Å². The van der Waals surface area contributed by atoms with Crippen LogP contribution in [0.25, 0.3) is 0 Å². The first-order valence-electron chi connectivity index (χ1n) is 6.16. The van der Waals surface area contributed by atoms with Crippen LogP contribution in [0.3, 0.4) is 0 Å². The van der Waals surface area contributed by atoms with E-state index in [1.54, 1.807) is 18.0 Å². The molecule has 0 aliphatic rings. The van der Waals surface area contributed by atoms with Gasteiger partial charge in [0.2, 0.25) is 0 Å². The first kappa shape index (κ1) is 14.4. The van der Waals surface area contributed by atoms with Gasteiger partial charge in [0.1, 0.15) is 0 Å². The van der Waals surface area contributed by atoms with Crippen LogP contribution in [-0.2, 0) is 0 Å². The third kappa shape index (κ3) is 3.96. The summed E-state index contributed by atoms with van der Waals surface area (Å²) in [5.41, 5.74) is 8.60. The quantitative estimate of drug-likeness (QED) is 0.857. The SMILES string of the molecule is Cc1cccc(C(Sc2ccc(Cl)cn2)C(C)N)c1. The lowest BCUT2D eigenvalue weighted by atomic mass is 10.0. The second-order valence-electron chi connectivity index (χ2n) is 4.63. The first-order valence-corrected chi connectivity index (χ1v) is 7.42. The molecule has 19 heavy (non-hydrogen) atoms. The van der Waals surface area contributed by atoms with Gasteiger partial charge in [0, 0.05) is 12.2 Å². The van der Waals surface area contributed by atoms with Crippen molar-refractivity contribution in [2.24, 2.45) is 5.73 Å². The number of thioether (sulfide) groups is 1. The lowest BCUT2D eigenvalue weighted by Crippen LogP contribution is -2.22. The van der Waals surface area contributed by atoms with Gasteiger partial charge in [-0.25, -0.2) is 4.98 Å². The fourth-order valence-corrected chi connectivity index (χ4v) is 3.02. The number of pyridine rings is 1. The molecule has 4 heteroatoms. The van der Waals surface area contributed by atoms with Gasteiger partial charge in [-0.1, -0.05) is 53.2 Å². The highest BCUT2D eigenvalue weighted by atomic mass is 35.5. The van der Waals surface area contributed by atoms with E-state index in [9.17, 15) is 0 Å². The van der Waals surface area contributed by atoms with E-state index in [4.69, 9.17) is 17.3 Å². The van der Waals surface area contributed by atoms with Crippen molar-refractivity contribution in [3.05, 3.63) is 58.7 Å². The molecule has 2 nitrogen and oxygen atoms in total. The molecule has 1 aromatic heterocycles. The highest BCUT2D eigenvalue weighted by Crippen LogP contribution is 2.36. The van der Waals surface area contributed by atoms with Crippen molar-refractivity contribution in [3.63, 3.8) is 0 Å². The number of aromatic nitrogens is 1. The predicted molar refractivity (Wildman–Crippen MR) is 82.7 cm³/mol. The molecule has 1 aromatic carbocycles. The van der Waals surface area contributed by atoms with Crippen LogP contribution in [0.4, 0.5) is 0 Å². The Hall–Kier alpha value is -1.03. The fraction of sp³-hybridized carbons (Fsp3) is 0.267. The molecule has 1 heterocycles. The van der Waals surface area contributed by atoms with E-state index in [1.807, 2.05) is 19.1 Å². The number of halogens is 1. The van der Waals surface area contributed by atoms with Gasteiger partial charge in [0.05, 0.1) is 15.3 Å². The van der Waals surface area contributed by atoms with Gasteiger partial charge in [0.25, 0.3) is 0 Å². The molecule has 100 valence electrons. The van der Waals surface area contributed by atoms with Crippen molar-refractivity contribution in [3.8, 4) is 0 Å². The number of nitrogens with zero attached hydrogens (tertiary/aromatic N) is 1. The molecule has 0 amide bonds. The van der Waals surface area contributed by atoms with Crippen LogP contribution in [0.5, 0.6) is 0 Å². The Morgan fingerprint density at radius 3 is 2.63 bits per heavy atom. The molecule has 0 saturated heterocycles. The minimum absolute atomic E-state index is 0.0456. The number of hydrogen-bond acceptors (Lipinski definition) is 3. The summed E-state index contributed by atoms with van der Waals surface area (Å²) < 4.78 is 0.